The van der Waals surface area contributed by atoms with Crippen molar-refractivity contribution in [3.8, 4) is 0 Å². The fourth-order valence-electron chi connectivity index (χ4n) is 2.09. The highest BCUT2D eigenvalue weighted by Crippen LogP contribution is 2.17. The molecule has 1 aliphatic heterocycles. The molecule has 2 rings (SSSR count). The van der Waals surface area contributed by atoms with Gasteiger partial charge in [-0.05, 0) is 37.0 Å². The Kier molecular flexibility index (Phi) is 5.01. The normalized spacial score (nSPS) is 18.9. The van der Waals surface area contributed by atoms with E-state index < -0.39 is 9.05 Å². The molecule has 110 valence electrons. The first-order valence-electron chi connectivity index (χ1n) is 6.37. The fraction of sp³-hybridized carbons (Fsp3) is 0.462. The van der Waals surface area contributed by atoms with Crippen molar-refractivity contribution in [2.75, 3.05) is 19.8 Å². The molecule has 1 unspecified atom stereocenters. The molecule has 1 fully saturated rings. The second kappa shape index (κ2) is 6.56. The van der Waals surface area contributed by atoms with Crippen LogP contribution in [0.25, 0.3) is 0 Å². The van der Waals surface area contributed by atoms with Gasteiger partial charge in [-0.15, -0.1) is 0 Å². The van der Waals surface area contributed by atoms with Gasteiger partial charge < -0.3 is 10.1 Å². The highest BCUT2D eigenvalue weighted by molar-refractivity contribution is 8.13. The minimum Gasteiger partial charge on any atom is -0.381 e. The third-order valence-corrected chi connectivity index (χ3v) is 4.59. The largest absolute Gasteiger partial charge is 0.381 e. The summed E-state index contributed by atoms with van der Waals surface area (Å²) in [6, 6.07) is 5.68. The lowest BCUT2D eigenvalue weighted by atomic mass is 10.1. The number of hydrogen-bond donors (Lipinski definition) is 1. The average molecular weight is 318 g/mol. The molecule has 0 bridgehead atoms. The Hall–Kier alpha value is -1.11. The van der Waals surface area contributed by atoms with Gasteiger partial charge in [0.25, 0.3) is 15.0 Å². The van der Waals surface area contributed by atoms with Crippen LogP contribution in [0.15, 0.2) is 29.2 Å². The molecule has 0 radical (unpaired) electrons. The lowest BCUT2D eigenvalue weighted by Gasteiger charge is -2.09. The van der Waals surface area contributed by atoms with Crippen molar-refractivity contribution < 1.29 is 17.9 Å². The molecule has 0 spiro atoms. The van der Waals surface area contributed by atoms with Gasteiger partial charge in [0.05, 0.1) is 4.90 Å². The van der Waals surface area contributed by atoms with E-state index in [9.17, 15) is 13.2 Å². The summed E-state index contributed by atoms with van der Waals surface area (Å²) in [7, 11) is 1.44. The third kappa shape index (κ3) is 4.19. The standard InChI is InChI=1S/C13H16ClNO4S/c14-20(17,18)12-3-1-2-11(8-12)13(16)15-6-4-10-5-7-19-9-10/h1-3,8,10H,4-7,9H2,(H,15,16). The quantitative estimate of drug-likeness (QED) is 0.840. The average Bonchev–Trinajstić information content (AvgIpc) is 2.91. The predicted molar refractivity (Wildman–Crippen MR) is 75.4 cm³/mol. The summed E-state index contributed by atoms with van der Waals surface area (Å²) in [6.45, 7) is 2.08. The Morgan fingerprint density at radius 1 is 1.45 bits per heavy atom. The van der Waals surface area contributed by atoms with Gasteiger partial charge in [0, 0.05) is 36.0 Å². The number of carbonyl (C=O) groups is 1. The zero-order valence-electron chi connectivity index (χ0n) is 10.8. The van der Waals surface area contributed by atoms with E-state index in [1.54, 1.807) is 6.07 Å². The molecule has 20 heavy (non-hydrogen) atoms. The van der Waals surface area contributed by atoms with E-state index in [-0.39, 0.29) is 16.4 Å². The summed E-state index contributed by atoms with van der Waals surface area (Å²) in [5, 5.41) is 2.77. The van der Waals surface area contributed by atoms with Crippen molar-refractivity contribution >= 4 is 25.6 Å². The Morgan fingerprint density at radius 3 is 2.90 bits per heavy atom. The summed E-state index contributed by atoms with van der Waals surface area (Å²) < 4.78 is 27.7. The molecule has 1 aliphatic rings. The molecule has 1 atom stereocenters. The number of carbonyl (C=O) groups excluding carboxylic acids is 1. The van der Waals surface area contributed by atoms with Crippen LogP contribution in [0.1, 0.15) is 23.2 Å². The predicted octanol–water partition coefficient (Wildman–Crippen LogP) is 1.77. The van der Waals surface area contributed by atoms with Gasteiger partial charge in [0.1, 0.15) is 0 Å². The van der Waals surface area contributed by atoms with Gasteiger partial charge in [-0.1, -0.05) is 6.07 Å². The first-order valence-corrected chi connectivity index (χ1v) is 8.68. The van der Waals surface area contributed by atoms with Crippen molar-refractivity contribution in [1.29, 1.82) is 0 Å². The topological polar surface area (TPSA) is 72.5 Å². The lowest BCUT2D eigenvalue weighted by molar-refractivity contribution is 0.0950. The van der Waals surface area contributed by atoms with Gasteiger partial charge in [0.15, 0.2) is 0 Å². The van der Waals surface area contributed by atoms with Crippen LogP contribution in [0.5, 0.6) is 0 Å². The fourth-order valence-corrected chi connectivity index (χ4v) is 2.89. The molecule has 7 heteroatoms. The second-order valence-corrected chi connectivity index (χ2v) is 7.31. The van der Waals surface area contributed by atoms with Gasteiger partial charge in [-0.25, -0.2) is 8.42 Å². The lowest BCUT2D eigenvalue weighted by Crippen LogP contribution is -2.26. The number of ether oxygens (including phenoxy) is 1. The van der Waals surface area contributed by atoms with Crippen molar-refractivity contribution in [2.45, 2.75) is 17.7 Å². The monoisotopic (exact) mass is 317 g/mol. The van der Waals surface area contributed by atoms with Crippen molar-refractivity contribution in [2.24, 2.45) is 5.92 Å². The second-order valence-electron chi connectivity index (χ2n) is 4.74. The molecular formula is C13H16ClNO4S. The zero-order chi connectivity index (χ0) is 14.6. The van der Waals surface area contributed by atoms with Crippen molar-refractivity contribution in [3.63, 3.8) is 0 Å². The SMILES string of the molecule is O=C(NCCC1CCOC1)c1cccc(S(=O)(=O)Cl)c1. The van der Waals surface area contributed by atoms with E-state index in [1.807, 2.05) is 0 Å². The summed E-state index contributed by atoms with van der Waals surface area (Å²) in [5.41, 5.74) is 0.286. The number of benzene rings is 1. The van der Waals surface area contributed by atoms with Crippen LogP contribution in [-0.2, 0) is 13.8 Å². The minimum atomic E-state index is -3.82. The van der Waals surface area contributed by atoms with Gasteiger partial charge >= 0.3 is 0 Å². The molecule has 1 amide bonds. The molecule has 1 aromatic carbocycles. The maximum Gasteiger partial charge on any atom is 0.261 e. The van der Waals surface area contributed by atoms with E-state index in [4.69, 9.17) is 15.4 Å². The molecule has 0 saturated carbocycles. The Balaban J connectivity index is 1.92. The third-order valence-electron chi connectivity index (χ3n) is 3.24. The molecule has 1 heterocycles. The zero-order valence-corrected chi connectivity index (χ0v) is 12.4. The van der Waals surface area contributed by atoms with Gasteiger partial charge in [-0.2, -0.15) is 0 Å². The molecular weight excluding hydrogens is 302 g/mol. The van der Waals surface area contributed by atoms with Gasteiger partial charge in [-0.3, -0.25) is 4.79 Å². The number of halogens is 1. The molecule has 0 aromatic heterocycles. The Labute approximate surface area is 122 Å². The van der Waals surface area contributed by atoms with Crippen LogP contribution in [0, 0.1) is 5.92 Å². The van der Waals surface area contributed by atoms with Crippen molar-refractivity contribution in [1.82, 2.24) is 5.32 Å². The van der Waals surface area contributed by atoms with E-state index in [1.165, 1.54) is 18.2 Å². The molecule has 1 N–H and O–H groups in total. The number of rotatable bonds is 5. The van der Waals surface area contributed by atoms with E-state index in [0.717, 1.165) is 26.1 Å². The first-order chi connectivity index (χ1) is 9.47. The molecule has 1 aromatic rings. The summed E-state index contributed by atoms with van der Waals surface area (Å²) in [4.78, 5) is 11.8. The van der Waals surface area contributed by atoms with Crippen LogP contribution < -0.4 is 5.32 Å². The molecule has 0 aliphatic carbocycles. The van der Waals surface area contributed by atoms with Crippen LogP contribution in [0.3, 0.4) is 0 Å². The Bertz CT molecular complexity index is 582. The maximum atomic E-state index is 11.9. The van der Waals surface area contributed by atoms with E-state index >= 15 is 0 Å². The number of hydrogen-bond acceptors (Lipinski definition) is 4. The smallest absolute Gasteiger partial charge is 0.261 e. The highest BCUT2D eigenvalue weighted by Gasteiger charge is 2.16. The molecule has 5 nitrogen and oxygen atoms in total. The van der Waals surface area contributed by atoms with Crippen LogP contribution in [0.4, 0.5) is 0 Å². The number of nitrogens with one attached hydrogen (secondary N) is 1. The summed E-state index contributed by atoms with van der Waals surface area (Å²) in [6.07, 6.45) is 1.88. The number of amides is 1. The minimum absolute atomic E-state index is 0.0731. The van der Waals surface area contributed by atoms with Crippen LogP contribution in [-0.4, -0.2) is 34.1 Å². The first kappa shape index (κ1) is 15.3. The molecule has 1 saturated heterocycles. The van der Waals surface area contributed by atoms with Crippen molar-refractivity contribution in [3.05, 3.63) is 29.8 Å². The Morgan fingerprint density at radius 2 is 2.25 bits per heavy atom. The van der Waals surface area contributed by atoms with Gasteiger partial charge in [0.2, 0.25) is 0 Å². The van der Waals surface area contributed by atoms with Crippen LogP contribution >= 0.6 is 10.7 Å². The summed E-state index contributed by atoms with van der Waals surface area (Å²) in [5.74, 6) is 0.191. The van der Waals surface area contributed by atoms with E-state index in [2.05, 4.69) is 5.32 Å². The van der Waals surface area contributed by atoms with Crippen LogP contribution in [0.2, 0.25) is 0 Å². The summed E-state index contributed by atoms with van der Waals surface area (Å²) >= 11 is 0. The highest BCUT2D eigenvalue weighted by atomic mass is 35.7. The van der Waals surface area contributed by atoms with E-state index in [0.29, 0.717) is 12.5 Å². The maximum absolute atomic E-state index is 11.9.